The first kappa shape index (κ1) is 23.5. The van der Waals surface area contributed by atoms with E-state index in [1.165, 1.54) is 12.1 Å². The normalized spacial score (nSPS) is 22.2. The van der Waals surface area contributed by atoms with Gasteiger partial charge in [-0.1, -0.05) is 38.5 Å². The number of hydrogen-bond acceptors (Lipinski definition) is 3. The van der Waals surface area contributed by atoms with Crippen LogP contribution in [-0.2, 0) is 6.18 Å². The number of ether oxygens (including phenoxy) is 1. The Kier molecular flexibility index (Phi) is 9.88. The van der Waals surface area contributed by atoms with Crippen molar-refractivity contribution < 1.29 is 28.1 Å². The molecule has 4 atom stereocenters. The zero-order valence-corrected chi connectivity index (χ0v) is 16.2. The van der Waals surface area contributed by atoms with Crippen LogP contribution in [0.4, 0.5) is 13.2 Å². The number of aliphatic hydroxyl groups excluding tert-OH is 2. The Bertz CT molecular complexity index is 570. The van der Waals surface area contributed by atoms with Crippen LogP contribution in [0.5, 0.6) is 5.75 Å². The molecule has 3 unspecified atom stereocenters. The Balaban J connectivity index is 0.00000176. The minimum atomic E-state index is -4.42. The molecule has 6 heteroatoms. The van der Waals surface area contributed by atoms with Crippen molar-refractivity contribution >= 4 is 0 Å². The second-order valence-corrected chi connectivity index (χ2v) is 6.73. The summed E-state index contributed by atoms with van der Waals surface area (Å²) >= 11 is 0. The van der Waals surface area contributed by atoms with Gasteiger partial charge in [-0.2, -0.15) is 13.2 Å². The van der Waals surface area contributed by atoms with E-state index in [0.717, 1.165) is 37.8 Å². The van der Waals surface area contributed by atoms with Crippen molar-refractivity contribution in [2.75, 3.05) is 6.61 Å². The summed E-state index contributed by atoms with van der Waals surface area (Å²) in [6.45, 7) is 5.67. The number of aliphatic hydroxyl groups is 2. The standard InChI is InChI=1S/C19H25F3O3.C2H6/c1-13(23)10-15-5-2-4-14(15)8-9-17(24)12-25-18-7-3-6-16(11-18)19(20,21)22;1-2/h3,6-9,11,13-15,17,23-24H,2,4-5,10,12H2,1H3;1-2H3/b9-8+;/t13?,14?,15-,17?;/m1./s1. The van der Waals surface area contributed by atoms with Crippen LogP contribution in [0, 0.1) is 11.8 Å². The van der Waals surface area contributed by atoms with Gasteiger partial charge in [0.1, 0.15) is 18.5 Å². The van der Waals surface area contributed by atoms with Gasteiger partial charge in [0.05, 0.1) is 11.7 Å². The highest BCUT2D eigenvalue weighted by Gasteiger charge is 2.30. The summed E-state index contributed by atoms with van der Waals surface area (Å²) < 4.78 is 43.2. The van der Waals surface area contributed by atoms with Crippen LogP contribution in [0.3, 0.4) is 0 Å². The predicted octanol–water partition coefficient (Wildman–Crippen LogP) is 5.21. The molecule has 1 fully saturated rings. The Morgan fingerprint density at radius 1 is 1.22 bits per heavy atom. The SMILES string of the molecule is CC.CC(O)C[C@H]1CCCC1/C=C/C(O)COc1cccc(C(F)(F)F)c1. The molecule has 0 heterocycles. The molecule has 0 amide bonds. The molecule has 154 valence electrons. The first-order valence-electron chi connectivity index (χ1n) is 9.60. The van der Waals surface area contributed by atoms with Gasteiger partial charge in [-0.25, -0.2) is 0 Å². The number of benzene rings is 1. The van der Waals surface area contributed by atoms with E-state index in [1.54, 1.807) is 13.0 Å². The van der Waals surface area contributed by atoms with Crippen LogP contribution < -0.4 is 4.74 Å². The van der Waals surface area contributed by atoms with Gasteiger partial charge in [-0.05, 0) is 56.2 Å². The zero-order chi connectivity index (χ0) is 20.4. The molecular formula is C21H31F3O3. The number of rotatable bonds is 7. The number of halogens is 3. The van der Waals surface area contributed by atoms with E-state index in [4.69, 9.17) is 4.74 Å². The maximum Gasteiger partial charge on any atom is 0.416 e. The molecule has 1 aromatic carbocycles. The molecule has 27 heavy (non-hydrogen) atoms. The summed E-state index contributed by atoms with van der Waals surface area (Å²) in [5.41, 5.74) is -0.776. The molecule has 0 spiro atoms. The maximum absolute atomic E-state index is 12.7. The molecule has 1 aliphatic carbocycles. The third-order valence-electron chi connectivity index (χ3n) is 4.52. The number of allylic oxidation sites excluding steroid dienone is 1. The third-order valence-corrected chi connectivity index (χ3v) is 4.52. The molecule has 0 radical (unpaired) electrons. The first-order valence-corrected chi connectivity index (χ1v) is 9.60. The van der Waals surface area contributed by atoms with Crippen LogP contribution in [0.1, 0.15) is 52.0 Å². The monoisotopic (exact) mass is 388 g/mol. The van der Waals surface area contributed by atoms with E-state index in [0.29, 0.717) is 11.8 Å². The highest BCUT2D eigenvalue weighted by molar-refractivity contribution is 5.30. The minimum Gasteiger partial charge on any atom is -0.491 e. The summed E-state index contributed by atoms with van der Waals surface area (Å²) in [4.78, 5) is 0. The largest absolute Gasteiger partial charge is 0.491 e. The summed E-state index contributed by atoms with van der Waals surface area (Å²) in [6, 6.07) is 4.61. The summed E-state index contributed by atoms with van der Waals surface area (Å²) in [7, 11) is 0. The van der Waals surface area contributed by atoms with E-state index in [2.05, 4.69) is 0 Å². The second kappa shape index (κ2) is 11.3. The molecule has 0 saturated heterocycles. The van der Waals surface area contributed by atoms with E-state index >= 15 is 0 Å². The van der Waals surface area contributed by atoms with Crippen molar-refractivity contribution in [1.29, 1.82) is 0 Å². The van der Waals surface area contributed by atoms with E-state index in [-0.39, 0.29) is 18.5 Å². The molecule has 0 bridgehead atoms. The molecule has 2 N–H and O–H groups in total. The van der Waals surface area contributed by atoms with Gasteiger partial charge in [-0.3, -0.25) is 0 Å². The predicted molar refractivity (Wildman–Crippen MR) is 101 cm³/mol. The number of hydrogen-bond donors (Lipinski definition) is 2. The van der Waals surface area contributed by atoms with Gasteiger partial charge in [0.15, 0.2) is 0 Å². The van der Waals surface area contributed by atoms with Crippen molar-refractivity contribution in [3.63, 3.8) is 0 Å². The van der Waals surface area contributed by atoms with E-state index < -0.39 is 17.8 Å². The van der Waals surface area contributed by atoms with E-state index in [1.807, 2.05) is 19.9 Å². The molecule has 2 rings (SSSR count). The van der Waals surface area contributed by atoms with E-state index in [9.17, 15) is 23.4 Å². The third kappa shape index (κ3) is 8.35. The summed E-state index contributed by atoms with van der Waals surface area (Å²) in [5, 5.41) is 19.5. The lowest BCUT2D eigenvalue weighted by Gasteiger charge is -2.18. The Morgan fingerprint density at radius 3 is 2.56 bits per heavy atom. The fourth-order valence-corrected chi connectivity index (χ4v) is 3.32. The highest BCUT2D eigenvalue weighted by Crippen LogP contribution is 2.36. The van der Waals surface area contributed by atoms with Gasteiger partial charge in [0.2, 0.25) is 0 Å². The maximum atomic E-state index is 12.7. The molecule has 1 saturated carbocycles. The average molecular weight is 388 g/mol. The Labute approximate surface area is 159 Å². The lowest BCUT2D eigenvalue weighted by molar-refractivity contribution is -0.137. The van der Waals surface area contributed by atoms with Crippen molar-refractivity contribution in [3.8, 4) is 5.75 Å². The minimum absolute atomic E-state index is 0.0788. The smallest absolute Gasteiger partial charge is 0.416 e. The van der Waals surface area contributed by atoms with Crippen molar-refractivity contribution in [3.05, 3.63) is 42.0 Å². The fraction of sp³-hybridized carbons (Fsp3) is 0.619. The Hall–Kier alpha value is -1.53. The van der Waals surface area contributed by atoms with Gasteiger partial charge < -0.3 is 14.9 Å². The van der Waals surface area contributed by atoms with Crippen LogP contribution in [0.25, 0.3) is 0 Å². The second-order valence-electron chi connectivity index (χ2n) is 6.73. The molecule has 0 aromatic heterocycles. The van der Waals surface area contributed by atoms with Crippen molar-refractivity contribution in [1.82, 2.24) is 0 Å². The van der Waals surface area contributed by atoms with Gasteiger partial charge >= 0.3 is 6.18 Å². The zero-order valence-electron chi connectivity index (χ0n) is 16.2. The number of alkyl halides is 3. The molecule has 1 aliphatic rings. The van der Waals surface area contributed by atoms with Gasteiger partial charge in [0, 0.05) is 0 Å². The average Bonchev–Trinajstić information content (AvgIpc) is 3.05. The molecular weight excluding hydrogens is 357 g/mol. The lowest BCUT2D eigenvalue weighted by Crippen LogP contribution is -2.17. The lowest BCUT2D eigenvalue weighted by atomic mass is 9.90. The van der Waals surface area contributed by atoms with Crippen LogP contribution in [0.15, 0.2) is 36.4 Å². The van der Waals surface area contributed by atoms with Gasteiger partial charge in [0.25, 0.3) is 0 Å². The molecule has 3 nitrogen and oxygen atoms in total. The van der Waals surface area contributed by atoms with Crippen molar-refractivity contribution in [2.24, 2.45) is 11.8 Å². The van der Waals surface area contributed by atoms with Crippen molar-refractivity contribution in [2.45, 2.75) is 64.8 Å². The molecule has 1 aromatic rings. The van der Waals surface area contributed by atoms with Crippen LogP contribution in [-0.4, -0.2) is 29.0 Å². The fourth-order valence-electron chi connectivity index (χ4n) is 3.32. The highest BCUT2D eigenvalue weighted by atomic mass is 19.4. The quantitative estimate of drug-likeness (QED) is 0.630. The summed E-state index contributed by atoms with van der Waals surface area (Å²) in [6.07, 6.45) is 1.87. The molecule has 0 aliphatic heterocycles. The summed E-state index contributed by atoms with van der Waals surface area (Å²) in [5.74, 6) is 0.806. The van der Waals surface area contributed by atoms with Crippen LogP contribution in [0.2, 0.25) is 0 Å². The Morgan fingerprint density at radius 2 is 1.93 bits per heavy atom. The van der Waals surface area contributed by atoms with Gasteiger partial charge in [-0.15, -0.1) is 0 Å². The topological polar surface area (TPSA) is 49.7 Å². The van der Waals surface area contributed by atoms with Crippen LogP contribution >= 0.6 is 0 Å². The first-order chi connectivity index (χ1) is 12.8.